The Bertz CT molecular complexity index is 380. The van der Waals surface area contributed by atoms with Crippen molar-refractivity contribution in [2.45, 2.75) is 71.1 Å². The Balaban J connectivity index is 2.45. The number of likely N-dealkylation sites (tertiary alicyclic amines) is 1. The summed E-state index contributed by atoms with van der Waals surface area (Å²) in [6.45, 7) is 12.9. The van der Waals surface area contributed by atoms with Gasteiger partial charge >= 0.3 is 13.2 Å². The number of carbonyl (C=O) groups excluding carboxylic acids is 1. The van der Waals surface area contributed by atoms with E-state index < -0.39 is 23.9 Å². The van der Waals surface area contributed by atoms with Crippen molar-refractivity contribution in [2.24, 2.45) is 0 Å². The van der Waals surface area contributed by atoms with Gasteiger partial charge in [-0.1, -0.05) is 0 Å². The topological polar surface area (TPSA) is 79.2 Å². The van der Waals surface area contributed by atoms with Crippen LogP contribution in [0.15, 0.2) is 0 Å². The molecule has 1 heterocycles. The largest absolute Gasteiger partial charge is 0.461 e. The molecule has 1 aliphatic rings. The summed E-state index contributed by atoms with van der Waals surface area (Å²) in [7, 11) is -1.02. The SMILES string of the molecule is CC(C)(C)OC(=O)N1CC(B(O)OC(C)(C)C(C)(C)O)C1. The van der Waals surface area contributed by atoms with Crippen LogP contribution in [0, 0.1) is 0 Å². The van der Waals surface area contributed by atoms with Crippen LogP contribution in [0.25, 0.3) is 0 Å². The second kappa shape index (κ2) is 5.78. The lowest BCUT2D eigenvalue weighted by molar-refractivity contribution is -0.103. The zero-order valence-electron chi connectivity index (χ0n) is 14.1. The Morgan fingerprint density at radius 3 is 2.00 bits per heavy atom. The monoisotopic (exact) mass is 301 g/mol. The normalized spacial score (nSPS) is 17.5. The lowest BCUT2D eigenvalue weighted by atomic mass is 9.66. The molecule has 7 heteroatoms. The fraction of sp³-hybridized carbons (Fsp3) is 0.929. The summed E-state index contributed by atoms with van der Waals surface area (Å²) in [4.78, 5) is 13.3. The smallest absolute Gasteiger partial charge is 0.444 e. The predicted molar refractivity (Wildman–Crippen MR) is 81.0 cm³/mol. The molecule has 1 aliphatic heterocycles. The van der Waals surface area contributed by atoms with Gasteiger partial charge in [0, 0.05) is 18.9 Å². The van der Waals surface area contributed by atoms with Crippen LogP contribution >= 0.6 is 0 Å². The van der Waals surface area contributed by atoms with E-state index in [9.17, 15) is 14.9 Å². The minimum absolute atomic E-state index is 0.167. The number of hydrogen-bond donors (Lipinski definition) is 2. The lowest BCUT2D eigenvalue weighted by Gasteiger charge is -2.44. The van der Waals surface area contributed by atoms with Gasteiger partial charge in [-0.2, -0.15) is 0 Å². The van der Waals surface area contributed by atoms with E-state index in [1.54, 1.807) is 27.7 Å². The van der Waals surface area contributed by atoms with Gasteiger partial charge in [0.25, 0.3) is 0 Å². The first kappa shape index (κ1) is 18.3. The Hall–Kier alpha value is -0.785. The van der Waals surface area contributed by atoms with Crippen LogP contribution in [0.3, 0.4) is 0 Å². The van der Waals surface area contributed by atoms with Crippen molar-refractivity contribution in [1.82, 2.24) is 4.90 Å². The van der Waals surface area contributed by atoms with Crippen LogP contribution in [-0.2, 0) is 9.39 Å². The van der Waals surface area contributed by atoms with Crippen LogP contribution in [0.5, 0.6) is 0 Å². The average Bonchev–Trinajstić information content (AvgIpc) is 2.07. The molecule has 0 unspecified atom stereocenters. The first-order valence-electron chi connectivity index (χ1n) is 7.29. The van der Waals surface area contributed by atoms with Crippen molar-refractivity contribution in [3.63, 3.8) is 0 Å². The zero-order valence-corrected chi connectivity index (χ0v) is 14.1. The molecule has 2 N–H and O–H groups in total. The minimum Gasteiger partial charge on any atom is -0.444 e. The Morgan fingerprint density at radius 1 is 1.14 bits per heavy atom. The Kier molecular flexibility index (Phi) is 5.03. The number of ether oxygens (including phenoxy) is 1. The maximum absolute atomic E-state index is 11.8. The number of amides is 1. The van der Waals surface area contributed by atoms with Gasteiger partial charge in [0.2, 0.25) is 0 Å². The molecule has 0 bridgehead atoms. The van der Waals surface area contributed by atoms with Gasteiger partial charge in [0.05, 0.1) is 11.2 Å². The van der Waals surface area contributed by atoms with Gasteiger partial charge in [-0.15, -0.1) is 0 Å². The summed E-state index contributed by atoms with van der Waals surface area (Å²) >= 11 is 0. The standard InChI is InChI=1S/C14H28BNO5/c1-12(2,3)20-11(17)16-8-10(9-16)15(19)21-14(6,7)13(4,5)18/h10,18-19H,8-9H2,1-7H3. The molecule has 0 aromatic carbocycles. The van der Waals surface area contributed by atoms with E-state index in [-0.39, 0.29) is 11.9 Å². The molecule has 21 heavy (non-hydrogen) atoms. The Labute approximate surface area is 127 Å². The number of rotatable bonds is 4. The number of nitrogens with zero attached hydrogens (tertiary/aromatic N) is 1. The second-order valence-electron chi connectivity index (χ2n) is 7.72. The van der Waals surface area contributed by atoms with Crippen molar-refractivity contribution in [1.29, 1.82) is 0 Å². The lowest BCUT2D eigenvalue weighted by Crippen LogP contribution is -2.58. The van der Waals surface area contributed by atoms with Crippen LogP contribution in [0.4, 0.5) is 4.79 Å². The highest BCUT2D eigenvalue weighted by molar-refractivity contribution is 6.45. The van der Waals surface area contributed by atoms with Gasteiger partial charge in [-0.25, -0.2) is 4.79 Å². The maximum atomic E-state index is 11.8. The molecule has 0 aliphatic carbocycles. The fourth-order valence-corrected chi connectivity index (χ4v) is 1.71. The molecule has 0 radical (unpaired) electrons. The first-order chi connectivity index (χ1) is 9.23. The van der Waals surface area contributed by atoms with E-state index >= 15 is 0 Å². The van der Waals surface area contributed by atoms with Gasteiger partial charge < -0.3 is 24.4 Å². The molecule has 1 amide bonds. The summed E-state index contributed by atoms with van der Waals surface area (Å²) in [5.74, 6) is -0.167. The van der Waals surface area contributed by atoms with E-state index in [0.717, 1.165) is 0 Å². The summed E-state index contributed by atoms with van der Waals surface area (Å²) in [6, 6.07) is 0. The fourth-order valence-electron chi connectivity index (χ4n) is 1.71. The molecule has 6 nitrogen and oxygen atoms in total. The van der Waals surface area contributed by atoms with Crippen LogP contribution < -0.4 is 0 Å². The zero-order chi connectivity index (χ0) is 16.6. The molecule has 1 saturated heterocycles. The molecule has 0 spiro atoms. The van der Waals surface area contributed by atoms with Crippen molar-refractivity contribution >= 4 is 13.2 Å². The molecule has 122 valence electrons. The van der Waals surface area contributed by atoms with E-state index in [1.165, 1.54) is 4.90 Å². The van der Waals surface area contributed by atoms with E-state index in [0.29, 0.717) is 13.1 Å². The predicted octanol–water partition coefficient (Wildman–Crippen LogP) is 1.65. The highest BCUT2D eigenvalue weighted by atomic mass is 16.6. The summed E-state index contributed by atoms with van der Waals surface area (Å²) in [6.07, 6.45) is -0.382. The van der Waals surface area contributed by atoms with Crippen molar-refractivity contribution in [3.05, 3.63) is 0 Å². The molecular weight excluding hydrogens is 273 g/mol. The third-order valence-electron chi connectivity index (χ3n) is 3.85. The summed E-state index contributed by atoms with van der Waals surface area (Å²) in [5, 5.41) is 20.1. The highest BCUT2D eigenvalue weighted by Gasteiger charge is 2.46. The van der Waals surface area contributed by atoms with Crippen molar-refractivity contribution in [2.75, 3.05) is 13.1 Å². The molecular formula is C14H28BNO5. The number of aliphatic hydroxyl groups is 1. The van der Waals surface area contributed by atoms with Gasteiger partial charge in [0.15, 0.2) is 0 Å². The molecule has 1 fully saturated rings. The molecule has 0 aromatic heterocycles. The van der Waals surface area contributed by atoms with Crippen LogP contribution in [-0.4, -0.2) is 58.1 Å². The summed E-state index contributed by atoms with van der Waals surface area (Å²) in [5.41, 5.74) is -2.50. The first-order valence-corrected chi connectivity index (χ1v) is 7.29. The second-order valence-corrected chi connectivity index (χ2v) is 7.72. The third-order valence-corrected chi connectivity index (χ3v) is 3.85. The van der Waals surface area contributed by atoms with Gasteiger partial charge in [-0.05, 0) is 48.5 Å². The Morgan fingerprint density at radius 2 is 1.62 bits per heavy atom. The number of carbonyl (C=O) groups is 1. The van der Waals surface area contributed by atoms with E-state index in [2.05, 4.69) is 0 Å². The summed E-state index contributed by atoms with van der Waals surface area (Å²) < 4.78 is 10.8. The van der Waals surface area contributed by atoms with Gasteiger partial charge in [-0.3, -0.25) is 0 Å². The van der Waals surface area contributed by atoms with E-state index in [4.69, 9.17) is 9.39 Å². The van der Waals surface area contributed by atoms with Crippen molar-refractivity contribution in [3.8, 4) is 0 Å². The molecule has 0 saturated carbocycles. The maximum Gasteiger partial charge on any atom is 0.461 e. The molecule has 1 rings (SSSR count). The van der Waals surface area contributed by atoms with Crippen molar-refractivity contribution < 1.29 is 24.3 Å². The van der Waals surface area contributed by atoms with Crippen LogP contribution in [0.1, 0.15) is 48.5 Å². The number of hydrogen-bond acceptors (Lipinski definition) is 5. The third kappa shape index (κ3) is 4.86. The quantitative estimate of drug-likeness (QED) is 0.772. The average molecular weight is 301 g/mol. The molecule has 0 aromatic rings. The molecule has 0 atom stereocenters. The van der Waals surface area contributed by atoms with Crippen LogP contribution in [0.2, 0.25) is 5.82 Å². The van der Waals surface area contributed by atoms with E-state index in [1.807, 2.05) is 20.8 Å². The minimum atomic E-state index is -1.08. The highest BCUT2D eigenvalue weighted by Crippen LogP contribution is 2.31. The van der Waals surface area contributed by atoms with Gasteiger partial charge in [0.1, 0.15) is 5.60 Å².